The van der Waals surface area contributed by atoms with Crippen LogP contribution in [0, 0.1) is 0 Å². The predicted octanol–water partition coefficient (Wildman–Crippen LogP) is 8.31. The van der Waals surface area contributed by atoms with Gasteiger partial charge in [0.1, 0.15) is 31.3 Å². The first-order chi connectivity index (χ1) is 23.9. The number of hydrogen-bond acceptors (Lipinski definition) is 7. The van der Waals surface area contributed by atoms with Crippen molar-refractivity contribution in [3.63, 3.8) is 0 Å². The average molecular weight is 665 g/mol. The van der Waals surface area contributed by atoms with Crippen LogP contribution in [0.4, 0.5) is 0 Å². The number of rotatable bonds is 20. The molecule has 2 N–H and O–H groups in total. The molecule has 0 atom stereocenters. The molecule has 4 aromatic carbocycles. The van der Waals surface area contributed by atoms with E-state index in [4.69, 9.17) is 24.1 Å². The van der Waals surface area contributed by atoms with Crippen LogP contribution >= 0.6 is 0 Å². The number of unbranched alkanes of at least 4 members (excludes halogenated alkanes) is 3. The van der Waals surface area contributed by atoms with Crippen molar-refractivity contribution in [2.75, 3.05) is 46.8 Å². The zero-order valence-corrected chi connectivity index (χ0v) is 28.7. The molecule has 0 aromatic heterocycles. The minimum atomic E-state index is -0.629. The number of aryl methyl sites for hydroxylation is 1. The minimum Gasteiger partial charge on any atom is -0.491 e. The maximum Gasteiger partial charge on any atom is 0.335 e. The molecule has 49 heavy (non-hydrogen) atoms. The third-order valence-corrected chi connectivity index (χ3v) is 8.28. The van der Waals surface area contributed by atoms with Gasteiger partial charge in [-0.2, -0.15) is 0 Å². The number of methoxy groups -OCH3 is 1. The lowest BCUT2D eigenvalue weighted by Gasteiger charge is -2.17. The second kappa shape index (κ2) is 19.3. The Hall–Kier alpha value is -4.69. The fourth-order valence-corrected chi connectivity index (χ4v) is 5.52. The van der Waals surface area contributed by atoms with Gasteiger partial charge in [-0.25, -0.2) is 4.79 Å². The van der Waals surface area contributed by atoms with E-state index in [2.05, 4.69) is 56.5 Å². The van der Waals surface area contributed by atoms with E-state index in [-0.39, 0.29) is 25.4 Å². The molecule has 0 amide bonds. The number of hydrogen-bond donors (Lipinski definition) is 2. The largest absolute Gasteiger partial charge is 0.491 e. The Labute approximate surface area is 290 Å². The molecule has 4 aromatic rings. The van der Waals surface area contributed by atoms with E-state index in [0.29, 0.717) is 24.5 Å². The molecule has 258 valence electrons. The standard InChI is InChI=1S/C42H48O7/c1-5-6-7-8-9-35-26-34(32-10-16-37(17-11-32)48-24-25-49-42(45)31(3)29-44)14-20-39(35)36-15-21-40(41(27-36)30(2)28-43)33-12-18-38(19-13-33)47-23-22-46-4/h10-21,26-27,43-44H,2-3,5-9,22-25,28-29H2,1,4H3. The molecule has 0 radical (unpaired) electrons. The maximum absolute atomic E-state index is 11.6. The molecular weight excluding hydrogens is 616 g/mol. The molecule has 0 heterocycles. The highest BCUT2D eigenvalue weighted by Gasteiger charge is 2.14. The van der Waals surface area contributed by atoms with Gasteiger partial charge < -0.3 is 29.2 Å². The summed E-state index contributed by atoms with van der Waals surface area (Å²) >= 11 is 0. The molecule has 7 nitrogen and oxygen atoms in total. The minimum absolute atomic E-state index is 0.0135. The van der Waals surface area contributed by atoms with E-state index in [1.165, 1.54) is 30.4 Å². The highest BCUT2D eigenvalue weighted by molar-refractivity contribution is 5.88. The van der Waals surface area contributed by atoms with Gasteiger partial charge in [0, 0.05) is 7.11 Å². The molecule has 4 rings (SSSR count). The zero-order chi connectivity index (χ0) is 35.0. The Morgan fingerprint density at radius 2 is 1.27 bits per heavy atom. The molecule has 0 saturated carbocycles. The molecule has 7 heteroatoms. The van der Waals surface area contributed by atoms with Gasteiger partial charge in [0.05, 0.1) is 25.4 Å². The van der Waals surface area contributed by atoms with Crippen molar-refractivity contribution in [3.05, 3.63) is 115 Å². The van der Waals surface area contributed by atoms with Crippen molar-refractivity contribution in [1.82, 2.24) is 0 Å². The highest BCUT2D eigenvalue weighted by atomic mass is 16.6. The summed E-state index contributed by atoms with van der Waals surface area (Å²) in [4.78, 5) is 11.6. The Kier molecular flexibility index (Phi) is 14.7. The summed E-state index contributed by atoms with van der Waals surface area (Å²) in [7, 11) is 1.65. The van der Waals surface area contributed by atoms with Crippen LogP contribution in [-0.4, -0.2) is 62.9 Å². The quantitative estimate of drug-likeness (QED) is 0.0558. The maximum atomic E-state index is 11.6. The fraction of sp³-hybridized carbons (Fsp3) is 0.310. The third kappa shape index (κ3) is 10.6. The van der Waals surface area contributed by atoms with Gasteiger partial charge in [-0.15, -0.1) is 0 Å². The monoisotopic (exact) mass is 664 g/mol. The topological polar surface area (TPSA) is 94.5 Å². The number of aliphatic hydroxyl groups is 2. The van der Waals surface area contributed by atoms with Crippen LogP contribution in [0.3, 0.4) is 0 Å². The molecule has 0 unspecified atom stereocenters. The third-order valence-electron chi connectivity index (χ3n) is 8.28. The van der Waals surface area contributed by atoms with E-state index in [9.17, 15) is 9.90 Å². The van der Waals surface area contributed by atoms with Gasteiger partial charge in [0.25, 0.3) is 0 Å². The fourth-order valence-electron chi connectivity index (χ4n) is 5.52. The molecular formula is C42H48O7. The number of carbonyl (C=O) groups is 1. The SMILES string of the molecule is C=C(CO)C(=O)OCCOc1ccc(-c2ccc(-c3ccc(-c4ccc(OCCOC)cc4)c(C(=C)CO)c3)c(CCCCCC)c2)cc1. The van der Waals surface area contributed by atoms with Crippen molar-refractivity contribution in [2.24, 2.45) is 0 Å². The van der Waals surface area contributed by atoms with E-state index in [1.54, 1.807) is 7.11 Å². The van der Waals surface area contributed by atoms with Crippen molar-refractivity contribution < 1.29 is 34.0 Å². The van der Waals surface area contributed by atoms with E-state index in [1.807, 2.05) is 48.5 Å². The molecule has 0 fully saturated rings. The van der Waals surface area contributed by atoms with Crippen molar-refractivity contribution >= 4 is 11.5 Å². The van der Waals surface area contributed by atoms with Gasteiger partial charge in [-0.1, -0.05) is 93.9 Å². The van der Waals surface area contributed by atoms with Crippen molar-refractivity contribution in [3.8, 4) is 44.9 Å². The number of carbonyl (C=O) groups excluding carboxylic acids is 1. The summed E-state index contributed by atoms with van der Waals surface area (Å²) in [6, 6.07) is 28.8. The molecule has 0 aliphatic rings. The first-order valence-electron chi connectivity index (χ1n) is 16.9. The number of aliphatic hydroxyl groups excluding tert-OH is 2. The highest BCUT2D eigenvalue weighted by Crippen LogP contribution is 2.36. The van der Waals surface area contributed by atoms with Crippen LogP contribution in [0.2, 0.25) is 0 Å². The van der Waals surface area contributed by atoms with Crippen LogP contribution in [0.1, 0.15) is 43.7 Å². The Bertz CT molecular complexity index is 1670. The van der Waals surface area contributed by atoms with Gasteiger partial charge in [0.15, 0.2) is 0 Å². The van der Waals surface area contributed by atoms with Crippen molar-refractivity contribution in [2.45, 2.75) is 39.0 Å². The summed E-state index contributed by atoms with van der Waals surface area (Å²) in [5, 5.41) is 19.1. The summed E-state index contributed by atoms with van der Waals surface area (Å²) in [6.07, 6.45) is 5.61. The van der Waals surface area contributed by atoms with Crippen LogP contribution in [-0.2, 0) is 20.7 Å². The van der Waals surface area contributed by atoms with Crippen LogP contribution in [0.5, 0.6) is 11.5 Å². The first kappa shape index (κ1) is 37.1. The second-order valence-electron chi connectivity index (χ2n) is 11.8. The normalized spacial score (nSPS) is 10.9. The molecule has 0 bridgehead atoms. The first-order valence-corrected chi connectivity index (χ1v) is 16.9. The van der Waals surface area contributed by atoms with Crippen molar-refractivity contribution in [1.29, 1.82) is 0 Å². The van der Waals surface area contributed by atoms with Crippen LogP contribution in [0.25, 0.3) is 39.0 Å². The van der Waals surface area contributed by atoms with Gasteiger partial charge in [0.2, 0.25) is 0 Å². The molecule has 0 aliphatic heterocycles. The Morgan fingerprint density at radius 3 is 1.90 bits per heavy atom. The van der Waals surface area contributed by atoms with E-state index >= 15 is 0 Å². The lowest BCUT2D eigenvalue weighted by molar-refractivity contribution is -0.140. The Morgan fingerprint density at radius 1 is 0.653 bits per heavy atom. The number of ether oxygens (including phenoxy) is 4. The summed E-state index contributed by atoms with van der Waals surface area (Å²) < 4.78 is 21.6. The number of benzene rings is 4. The van der Waals surface area contributed by atoms with Gasteiger partial charge >= 0.3 is 5.97 Å². The Balaban J connectivity index is 1.57. The molecule has 0 spiro atoms. The van der Waals surface area contributed by atoms with E-state index < -0.39 is 12.6 Å². The smallest absolute Gasteiger partial charge is 0.335 e. The lowest BCUT2D eigenvalue weighted by atomic mass is 9.88. The average Bonchev–Trinajstić information content (AvgIpc) is 3.14. The number of esters is 1. The van der Waals surface area contributed by atoms with Gasteiger partial charge in [-0.05, 0) is 93.3 Å². The summed E-state index contributed by atoms with van der Waals surface area (Å²) in [5.41, 5.74) is 9.31. The summed E-state index contributed by atoms with van der Waals surface area (Å²) in [6.45, 7) is 10.6. The van der Waals surface area contributed by atoms with Gasteiger partial charge in [-0.3, -0.25) is 0 Å². The zero-order valence-electron chi connectivity index (χ0n) is 28.7. The van der Waals surface area contributed by atoms with Crippen LogP contribution in [0.15, 0.2) is 104 Å². The predicted molar refractivity (Wildman–Crippen MR) is 197 cm³/mol. The van der Waals surface area contributed by atoms with E-state index in [0.717, 1.165) is 52.0 Å². The summed E-state index contributed by atoms with van der Waals surface area (Å²) in [5.74, 6) is 0.817. The molecule has 0 saturated heterocycles. The van der Waals surface area contributed by atoms with Crippen LogP contribution < -0.4 is 9.47 Å². The molecule has 0 aliphatic carbocycles. The lowest BCUT2D eigenvalue weighted by Crippen LogP contribution is -2.14. The second-order valence-corrected chi connectivity index (χ2v) is 11.8.